The number of primary amides is 2. The molecule has 0 aromatic heterocycles. The number of carbonyl (C=O) groups is 4. The first-order valence-corrected chi connectivity index (χ1v) is 7.59. The highest BCUT2D eigenvalue weighted by Crippen LogP contribution is 2.40. The van der Waals surface area contributed by atoms with Gasteiger partial charge in [-0.25, -0.2) is 31.3 Å². The molecule has 0 unspecified atom stereocenters. The van der Waals surface area contributed by atoms with E-state index in [9.17, 15) is 19.2 Å². The van der Waals surface area contributed by atoms with Crippen molar-refractivity contribution < 1.29 is 19.2 Å². The molecule has 26 heavy (non-hydrogen) atoms. The van der Waals surface area contributed by atoms with Crippen LogP contribution in [0.5, 0.6) is 0 Å². The summed E-state index contributed by atoms with van der Waals surface area (Å²) in [7, 11) is 0. The fourth-order valence-corrected chi connectivity index (χ4v) is 3.16. The lowest BCUT2D eigenvalue weighted by atomic mass is 9.76. The number of benzene rings is 1. The van der Waals surface area contributed by atoms with Crippen molar-refractivity contribution in [1.82, 2.24) is 10.0 Å². The van der Waals surface area contributed by atoms with Crippen molar-refractivity contribution >= 4 is 23.6 Å². The second-order valence-electron chi connectivity index (χ2n) is 5.76. The standard InChI is InChI=1S/C16H16N6O4/c17-15(25)21(19)9-5-6-10(22(20)16(18)26)12-11(9)13(23)7-3-1-2-4-8(7)14(12)24/h1-4H,5-6,19-20H2,(H2,17,25)(H2,18,26). The Hall–Kier alpha value is -3.50. The lowest BCUT2D eigenvalue weighted by molar-refractivity contribution is 0.0963. The molecule has 10 nitrogen and oxygen atoms in total. The van der Waals surface area contributed by atoms with E-state index in [4.69, 9.17) is 23.2 Å². The zero-order valence-electron chi connectivity index (χ0n) is 13.6. The van der Waals surface area contributed by atoms with Crippen molar-refractivity contribution in [2.75, 3.05) is 0 Å². The van der Waals surface area contributed by atoms with Gasteiger partial charge in [0.25, 0.3) is 0 Å². The second kappa shape index (κ2) is 6.10. The zero-order valence-corrected chi connectivity index (χ0v) is 13.6. The maximum Gasteiger partial charge on any atom is 0.333 e. The number of urea groups is 2. The molecule has 0 bridgehead atoms. The molecule has 10 heteroatoms. The lowest BCUT2D eigenvalue weighted by Gasteiger charge is -2.33. The van der Waals surface area contributed by atoms with Gasteiger partial charge in [0, 0.05) is 11.1 Å². The molecule has 0 saturated carbocycles. The van der Waals surface area contributed by atoms with Crippen LogP contribution in [0.3, 0.4) is 0 Å². The first kappa shape index (κ1) is 17.3. The third kappa shape index (κ3) is 2.44. The van der Waals surface area contributed by atoms with Gasteiger partial charge in [0.1, 0.15) is 0 Å². The molecular weight excluding hydrogens is 340 g/mol. The molecule has 134 valence electrons. The van der Waals surface area contributed by atoms with Crippen LogP contribution in [-0.4, -0.2) is 33.6 Å². The molecule has 0 atom stereocenters. The second-order valence-corrected chi connectivity index (χ2v) is 5.76. The number of fused-ring (bicyclic) bond motifs is 2. The molecule has 0 heterocycles. The highest BCUT2D eigenvalue weighted by Gasteiger charge is 2.41. The number of nitrogens with two attached hydrogens (primary N) is 4. The van der Waals surface area contributed by atoms with E-state index in [2.05, 4.69) is 0 Å². The summed E-state index contributed by atoms with van der Waals surface area (Å²) in [6.45, 7) is 0. The number of hydrazine groups is 2. The Balaban J connectivity index is 2.35. The molecule has 3 rings (SSSR count). The molecule has 1 aromatic carbocycles. The first-order chi connectivity index (χ1) is 12.3. The van der Waals surface area contributed by atoms with Crippen molar-refractivity contribution in [1.29, 1.82) is 0 Å². The minimum absolute atomic E-state index is 0.0653. The van der Waals surface area contributed by atoms with E-state index in [1.807, 2.05) is 0 Å². The summed E-state index contributed by atoms with van der Waals surface area (Å²) >= 11 is 0. The Morgan fingerprint density at radius 1 is 0.769 bits per heavy atom. The maximum atomic E-state index is 13.0. The molecule has 8 N–H and O–H groups in total. The highest BCUT2D eigenvalue weighted by molar-refractivity contribution is 6.32. The van der Waals surface area contributed by atoms with Gasteiger partial charge in [0.15, 0.2) is 11.6 Å². The van der Waals surface area contributed by atoms with Crippen LogP contribution < -0.4 is 23.2 Å². The number of nitrogens with zero attached hydrogens (tertiary/aromatic N) is 2. The fourth-order valence-electron chi connectivity index (χ4n) is 3.16. The number of hydrogen-bond acceptors (Lipinski definition) is 6. The van der Waals surface area contributed by atoms with Gasteiger partial charge in [-0.1, -0.05) is 24.3 Å². The van der Waals surface area contributed by atoms with Crippen molar-refractivity contribution in [3.63, 3.8) is 0 Å². The summed E-state index contributed by atoms with van der Waals surface area (Å²) in [6, 6.07) is 4.21. The summed E-state index contributed by atoms with van der Waals surface area (Å²) in [6.07, 6.45) is 0.131. The van der Waals surface area contributed by atoms with Gasteiger partial charge in [0.05, 0.1) is 22.5 Å². The Bertz CT molecular complexity index is 857. The molecule has 0 spiro atoms. The molecule has 0 fully saturated rings. The summed E-state index contributed by atoms with van der Waals surface area (Å²) in [5.74, 6) is 10.3. The molecule has 2 aliphatic carbocycles. The summed E-state index contributed by atoms with van der Waals surface area (Å²) in [5, 5.41) is 1.24. The average molecular weight is 356 g/mol. The van der Waals surface area contributed by atoms with Crippen LogP contribution in [0.1, 0.15) is 33.6 Å². The highest BCUT2D eigenvalue weighted by atomic mass is 16.2. The third-order valence-corrected chi connectivity index (χ3v) is 4.35. The van der Waals surface area contributed by atoms with Gasteiger partial charge < -0.3 is 11.5 Å². The van der Waals surface area contributed by atoms with E-state index in [1.54, 1.807) is 12.1 Å². The molecule has 0 saturated heterocycles. The molecule has 2 aliphatic rings. The van der Waals surface area contributed by atoms with Crippen LogP contribution in [0.25, 0.3) is 0 Å². The van der Waals surface area contributed by atoms with Crippen molar-refractivity contribution in [3.05, 3.63) is 57.9 Å². The smallest absolute Gasteiger partial charge is 0.333 e. The summed E-state index contributed by atoms with van der Waals surface area (Å²) < 4.78 is 0. The van der Waals surface area contributed by atoms with Gasteiger partial charge in [-0.05, 0) is 12.8 Å². The van der Waals surface area contributed by atoms with Crippen LogP contribution in [0.15, 0.2) is 46.8 Å². The van der Waals surface area contributed by atoms with Gasteiger partial charge in [-0.2, -0.15) is 0 Å². The van der Waals surface area contributed by atoms with E-state index in [0.717, 1.165) is 0 Å². The van der Waals surface area contributed by atoms with E-state index in [1.165, 1.54) is 12.1 Å². The molecule has 1 aromatic rings. The van der Waals surface area contributed by atoms with Crippen molar-refractivity contribution in [2.24, 2.45) is 23.2 Å². The van der Waals surface area contributed by atoms with Crippen LogP contribution in [0.4, 0.5) is 9.59 Å². The Morgan fingerprint density at radius 3 is 1.42 bits per heavy atom. The van der Waals surface area contributed by atoms with Crippen molar-refractivity contribution in [2.45, 2.75) is 12.8 Å². The van der Waals surface area contributed by atoms with Gasteiger partial charge in [-0.15, -0.1) is 0 Å². The van der Waals surface area contributed by atoms with Crippen LogP contribution in [0.2, 0.25) is 0 Å². The van der Waals surface area contributed by atoms with Crippen molar-refractivity contribution in [3.8, 4) is 0 Å². The minimum atomic E-state index is -0.992. The summed E-state index contributed by atoms with van der Waals surface area (Å²) in [5.41, 5.74) is 10.7. The number of amides is 4. The predicted octanol–water partition coefficient (Wildman–Crippen LogP) is -0.124. The SMILES string of the molecule is NC(=O)N(N)C1=C2C(=O)c3ccccc3C(=O)C2=C(N(N)C(N)=O)CC1. The normalized spacial score (nSPS) is 16.2. The third-order valence-electron chi connectivity index (χ3n) is 4.35. The van der Waals surface area contributed by atoms with Crippen LogP contribution in [-0.2, 0) is 0 Å². The van der Waals surface area contributed by atoms with Gasteiger partial charge >= 0.3 is 12.1 Å². The molecule has 4 amide bonds. The number of hydrogen-bond donors (Lipinski definition) is 4. The quantitative estimate of drug-likeness (QED) is 0.325. The van der Waals surface area contributed by atoms with Gasteiger partial charge in [0.2, 0.25) is 0 Å². The number of rotatable bonds is 2. The number of Topliss-reactive ketones (excluding diaryl/α,β-unsaturated/α-hetero) is 2. The number of carbonyl (C=O) groups excluding carboxylic acids is 4. The van der Waals surface area contributed by atoms with E-state index >= 15 is 0 Å². The molecular formula is C16H16N6O4. The Labute approximate surface area is 147 Å². The zero-order chi connectivity index (χ0) is 19.2. The summed E-state index contributed by atoms with van der Waals surface area (Å²) in [4.78, 5) is 49.0. The Kier molecular flexibility index (Phi) is 4.06. The fraction of sp³-hybridized carbons (Fsp3) is 0.125. The predicted molar refractivity (Wildman–Crippen MR) is 89.6 cm³/mol. The largest absolute Gasteiger partial charge is 0.350 e. The number of ketones is 2. The topological polar surface area (TPSA) is 179 Å². The van der Waals surface area contributed by atoms with E-state index in [0.29, 0.717) is 10.0 Å². The average Bonchev–Trinajstić information content (AvgIpc) is 2.63. The van der Waals surface area contributed by atoms with E-state index < -0.39 is 23.6 Å². The van der Waals surface area contributed by atoms with Crippen LogP contribution >= 0.6 is 0 Å². The maximum absolute atomic E-state index is 13.0. The lowest BCUT2D eigenvalue weighted by Crippen LogP contribution is -2.46. The molecule has 0 aliphatic heterocycles. The van der Waals surface area contributed by atoms with Crippen LogP contribution in [0, 0.1) is 0 Å². The Morgan fingerprint density at radius 2 is 1.12 bits per heavy atom. The minimum Gasteiger partial charge on any atom is -0.350 e. The van der Waals surface area contributed by atoms with E-state index in [-0.39, 0.29) is 46.5 Å². The van der Waals surface area contributed by atoms with Gasteiger partial charge in [-0.3, -0.25) is 9.59 Å². The molecule has 0 radical (unpaired) electrons. The number of allylic oxidation sites excluding steroid dienone is 4. The first-order valence-electron chi connectivity index (χ1n) is 7.59. The monoisotopic (exact) mass is 356 g/mol.